The van der Waals surface area contributed by atoms with Crippen molar-refractivity contribution in [1.82, 2.24) is 0 Å². The topological polar surface area (TPSA) is 35.5 Å². The number of carbonyl (C=O) groups excluding carboxylic acids is 1. The second kappa shape index (κ2) is 9.56. The quantitative estimate of drug-likeness (QED) is 0.315. The third kappa shape index (κ3) is 5.46. The van der Waals surface area contributed by atoms with Crippen LogP contribution in [-0.2, 0) is 6.42 Å². The van der Waals surface area contributed by atoms with Crippen molar-refractivity contribution in [1.29, 1.82) is 0 Å². The van der Waals surface area contributed by atoms with Gasteiger partial charge in [0.25, 0.3) is 0 Å². The van der Waals surface area contributed by atoms with E-state index in [1.807, 2.05) is 42.5 Å². The second-order valence-electron chi connectivity index (χ2n) is 6.84. The van der Waals surface area contributed by atoms with Gasteiger partial charge in [-0.1, -0.05) is 56.3 Å². The van der Waals surface area contributed by atoms with Gasteiger partial charge >= 0.3 is 5.97 Å². The average Bonchev–Trinajstić information content (AvgIpc) is 2.70. The number of carbonyl (C=O) groups is 1. The summed E-state index contributed by atoms with van der Waals surface area (Å²) in [6.45, 7) is 4.82. The van der Waals surface area contributed by atoms with Gasteiger partial charge < -0.3 is 9.47 Å². The first-order valence-electron chi connectivity index (χ1n) is 9.31. The first-order valence-corrected chi connectivity index (χ1v) is 10.1. The Labute approximate surface area is 174 Å². The molecule has 0 atom stereocenters. The van der Waals surface area contributed by atoms with Crippen molar-refractivity contribution >= 4 is 21.9 Å². The summed E-state index contributed by atoms with van der Waals surface area (Å²) in [5.74, 6) is 1.28. The summed E-state index contributed by atoms with van der Waals surface area (Å²) in [4.78, 5) is 12.4. The molecule has 0 spiro atoms. The van der Waals surface area contributed by atoms with E-state index >= 15 is 0 Å². The number of hydrogen-bond acceptors (Lipinski definition) is 3. The lowest BCUT2D eigenvalue weighted by molar-refractivity contribution is 0.0734. The zero-order valence-electron chi connectivity index (χ0n) is 16.0. The molecule has 3 rings (SSSR count). The second-order valence-corrected chi connectivity index (χ2v) is 7.70. The number of esters is 1. The Balaban J connectivity index is 1.58. The van der Waals surface area contributed by atoms with Gasteiger partial charge in [0.2, 0.25) is 0 Å². The van der Waals surface area contributed by atoms with Gasteiger partial charge in [0.05, 0.1) is 16.6 Å². The van der Waals surface area contributed by atoms with E-state index in [0.29, 0.717) is 29.6 Å². The molecule has 0 bridgehead atoms. The summed E-state index contributed by atoms with van der Waals surface area (Å²) in [6.07, 6.45) is 0.823. The van der Waals surface area contributed by atoms with Crippen LogP contribution in [0.15, 0.2) is 77.3 Å². The number of rotatable bonds is 7. The van der Waals surface area contributed by atoms with Crippen LogP contribution in [0.1, 0.15) is 41.3 Å². The van der Waals surface area contributed by atoms with E-state index in [4.69, 9.17) is 9.47 Å². The fraction of sp³-hybridized carbons (Fsp3) is 0.208. The van der Waals surface area contributed by atoms with E-state index in [-0.39, 0.29) is 0 Å². The average molecular weight is 439 g/mol. The minimum absolute atomic E-state index is 0.395. The maximum atomic E-state index is 12.4. The highest BCUT2D eigenvalue weighted by Gasteiger charge is 2.12. The van der Waals surface area contributed by atoms with Crippen molar-refractivity contribution in [3.05, 3.63) is 94.0 Å². The standard InChI is InChI=1S/C24H23BrO3/c1-17(2)19-8-11-21(12-9-19)28-24(26)20-10-13-23(22(25)16-20)27-15-14-18-6-4-3-5-7-18/h3-13,16-17H,14-15H2,1-2H3. The predicted molar refractivity (Wildman–Crippen MR) is 115 cm³/mol. The third-order valence-electron chi connectivity index (χ3n) is 4.42. The Morgan fingerprint density at radius 2 is 1.68 bits per heavy atom. The molecular formula is C24H23BrO3. The van der Waals surface area contributed by atoms with E-state index in [1.54, 1.807) is 18.2 Å². The third-order valence-corrected chi connectivity index (χ3v) is 5.04. The summed E-state index contributed by atoms with van der Waals surface area (Å²) in [6, 6.07) is 23.0. The minimum atomic E-state index is -0.395. The number of halogens is 1. The molecule has 3 aromatic carbocycles. The van der Waals surface area contributed by atoms with Crippen molar-refractivity contribution < 1.29 is 14.3 Å². The molecule has 0 amide bonds. The molecule has 0 aromatic heterocycles. The summed E-state index contributed by atoms with van der Waals surface area (Å²) in [5.41, 5.74) is 2.90. The zero-order valence-corrected chi connectivity index (χ0v) is 17.6. The molecular weight excluding hydrogens is 416 g/mol. The normalized spacial score (nSPS) is 10.7. The number of hydrogen-bond donors (Lipinski definition) is 0. The molecule has 4 heteroatoms. The Hall–Kier alpha value is -2.59. The molecule has 0 N–H and O–H groups in total. The Kier molecular flexibility index (Phi) is 6.88. The van der Waals surface area contributed by atoms with E-state index in [2.05, 4.69) is 41.9 Å². The van der Waals surface area contributed by atoms with Crippen LogP contribution in [0, 0.1) is 0 Å². The van der Waals surface area contributed by atoms with Crippen LogP contribution in [0.5, 0.6) is 11.5 Å². The SMILES string of the molecule is CC(C)c1ccc(OC(=O)c2ccc(OCCc3ccccc3)c(Br)c2)cc1. The summed E-state index contributed by atoms with van der Waals surface area (Å²) in [7, 11) is 0. The molecule has 0 saturated carbocycles. The van der Waals surface area contributed by atoms with Crippen LogP contribution in [-0.4, -0.2) is 12.6 Å². The summed E-state index contributed by atoms with van der Waals surface area (Å²) < 4.78 is 12.0. The molecule has 144 valence electrons. The van der Waals surface area contributed by atoms with Gasteiger partial charge in [0.15, 0.2) is 0 Å². The smallest absolute Gasteiger partial charge is 0.343 e. The first-order chi connectivity index (χ1) is 13.5. The molecule has 3 nitrogen and oxygen atoms in total. The number of ether oxygens (including phenoxy) is 2. The molecule has 0 unspecified atom stereocenters. The van der Waals surface area contributed by atoms with Crippen molar-refractivity contribution in [2.45, 2.75) is 26.2 Å². The van der Waals surface area contributed by atoms with Gasteiger partial charge in [0.1, 0.15) is 11.5 Å². The van der Waals surface area contributed by atoms with Gasteiger partial charge in [0, 0.05) is 6.42 Å². The van der Waals surface area contributed by atoms with Crippen molar-refractivity contribution in [2.24, 2.45) is 0 Å². The van der Waals surface area contributed by atoms with Gasteiger partial charge in [-0.05, 0) is 63.3 Å². The molecule has 3 aromatic rings. The summed E-state index contributed by atoms with van der Waals surface area (Å²) in [5, 5.41) is 0. The van der Waals surface area contributed by atoms with E-state index < -0.39 is 5.97 Å². The van der Waals surface area contributed by atoms with Gasteiger partial charge in [-0.25, -0.2) is 4.79 Å². The maximum absolute atomic E-state index is 12.4. The van der Waals surface area contributed by atoms with Crippen molar-refractivity contribution in [3.8, 4) is 11.5 Å². The fourth-order valence-electron chi connectivity index (χ4n) is 2.76. The molecule has 0 radical (unpaired) electrons. The molecule has 0 aliphatic rings. The predicted octanol–water partition coefficient (Wildman–Crippen LogP) is 6.41. The lowest BCUT2D eigenvalue weighted by Crippen LogP contribution is -2.09. The maximum Gasteiger partial charge on any atom is 0.343 e. The van der Waals surface area contributed by atoms with Gasteiger partial charge in [-0.3, -0.25) is 0 Å². The molecule has 0 aliphatic heterocycles. The monoisotopic (exact) mass is 438 g/mol. The molecule has 28 heavy (non-hydrogen) atoms. The Bertz CT molecular complexity index is 918. The fourth-order valence-corrected chi connectivity index (χ4v) is 3.25. The highest BCUT2D eigenvalue weighted by molar-refractivity contribution is 9.10. The largest absolute Gasteiger partial charge is 0.492 e. The molecule has 0 fully saturated rings. The van der Waals surface area contributed by atoms with Crippen molar-refractivity contribution in [3.63, 3.8) is 0 Å². The first kappa shape index (κ1) is 20.2. The van der Waals surface area contributed by atoms with Crippen LogP contribution < -0.4 is 9.47 Å². The highest BCUT2D eigenvalue weighted by atomic mass is 79.9. The Morgan fingerprint density at radius 1 is 0.964 bits per heavy atom. The molecule has 0 saturated heterocycles. The molecule has 0 heterocycles. The van der Waals surface area contributed by atoms with Gasteiger partial charge in [-0.15, -0.1) is 0 Å². The summed E-state index contributed by atoms with van der Waals surface area (Å²) >= 11 is 3.48. The van der Waals surface area contributed by atoms with Crippen LogP contribution in [0.2, 0.25) is 0 Å². The number of benzene rings is 3. The van der Waals surface area contributed by atoms with Crippen LogP contribution >= 0.6 is 15.9 Å². The lowest BCUT2D eigenvalue weighted by atomic mass is 10.0. The van der Waals surface area contributed by atoms with Crippen LogP contribution in [0.25, 0.3) is 0 Å². The Morgan fingerprint density at radius 3 is 2.32 bits per heavy atom. The van der Waals surface area contributed by atoms with E-state index in [9.17, 15) is 4.79 Å². The van der Waals surface area contributed by atoms with Crippen LogP contribution in [0.4, 0.5) is 0 Å². The lowest BCUT2D eigenvalue weighted by Gasteiger charge is -2.10. The van der Waals surface area contributed by atoms with E-state index in [1.165, 1.54) is 11.1 Å². The van der Waals surface area contributed by atoms with Gasteiger partial charge in [-0.2, -0.15) is 0 Å². The zero-order chi connectivity index (χ0) is 19.9. The van der Waals surface area contributed by atoms with Crippen LogP contribution in [0.3, 0.4) is 0 Å². The molecule has 0 aliphatic carbocycles. The highest BCUT2D eigenvalue weighted by Crippen LogP contribution is 2.27. The van der Waals surface area contributed by atoms with E-state index in [0.717, 1.165) is 10.9 Å². The minimum Gasteiger partial charge on any atom is -0.492 e. The van der Waals surface area contributed by atoms with Crippen molar-refractivity contribution in [2.75, 3.05) is 6.61 Å².